The summed E-state index contributed by atoms with van der Waals surface area (Å²) < 4.78 is 19.0. The van der Waals surface area contributed by atoms with Crippen molar-refractivity contribution < 1.29 is 9.13 Å². The van der Waals surface area contributed by atoms with E-state index in [2.05, 4.69) is 18.7 Å². The minimum Gasteiger partial charge on any atom is -0.389 e. The Balaban J connectivity index is 2.19. The summed E-state index contributed by atoms with van der Waals surface area (Å²) in [4.78, 5) is 2.42. The molecule has 0 radical (unpaired) electrons. The lowest BCUT2D eigenvalue weighted by Gasteiger charge is -2.42. The lowest BCUT2D eigenvalue weighted by atomic mass is 10.0. The SMILES string of the molecule is CC1(C)COCCN1Cc1ccc(F)c(C(N)=S)c1. The summed E-state index contributed by atoms with van der Waals surface area (Å²) in [6.07, 6.45) is 0. The van der Waals surface area contributed by atoms with Crippen molar-refractivity contribution in [2.45, 2.75) is 25.9 Å². The average molecular weight is 282 g/mol. The Bertz CT molecular complexity index is 490. The summed E-state index contributed by atoms with van der Waals surface area (Å²) in [5, 5.41) is 0. The monoisotopic (exact) mass is 282 g/mol. The van der Waals surface area contributed by atoms with Gasteiger partial charge < -0.3 is 10.5 Å². The first-order chi connectivity index (χ1) is 8.90. The third kappa shape index (κ3) is 3.29. The third-order valence-corrected chi connectivity index (χ3v) is 3.71. The van der Waals surface area contributed by atoms with E-state index >= 15 is 0 Å². The van der Waals surface area contributed by atoms with Crippen LogP contribution < -0.4 is 5.73 Å². The van der Waals surface area contributed by atoms with Crippen LogP contribution in [0.4, 0.5) is 4.39 Å². The van der Waals surface area contributed by atoms with E-state index < -0.39 is 0 Å². The van der Waals surface area contributed by atoms with Gasteiger partial charge in [0.25, 0.3) is 0 Å². The van der Waals surface area contributed by atoms with Gasteiger partial charge in [0, 0.05) is 24.2 Å². The van der Waals surface area contributed by atoms with Gasteiger partial charge in [-0.05, 0) is 31.5 Å². The molecule has 2 N–H and O–H groups in total. The Kier molecular flexibility index (Phi) is 4.18. The van der Waals surface area contributed by atoms with Crippen molar-refractivity contribution in [3.63, 3.8) is 0 Å². The lowest BCUT2D eigenvalue weighted by molar-refractivity contribution is -0.0552. The van der Waals surface area contributed by atoms with Crippen molar-refractivity contribution >= 4 is 17.2 Å². The molecular weight excluding hydrogens is 263 g/mol. The van der Waals surface area contributed by atoms with Crippen molar-refractivity contribution in [1.82, 2.24) is 4.90 Å². The normalized spacial score (nSPS) is 19.3. The number of thiocarbonyl (C=S) groups is 1. The summed E-state index contributed by atoms with van der Waals surface area (Å²) in [6, 6.07) is 4.95. The van der Waals surface area contributed by atoms with Crippen LogP contribution in [0.25, 0.3) is 0 Å². The van der Waals surface area contributed by atoms with Crippen molar-refractivity contribution in [1.29, 1.82) is 0 Å². The van der Waals surface area contributed by atoms with Crippen LogP contribution in [0.3, 0.4) is 0 Å². The number of benzene rings is 1. The van der Waals surface area contributed by atoms with Crippen molar-refractivity contribution in [2.24, 2.45) is 5.73 Å². The van der Waals surface area contributed by atoms with E-state index in [9.17, 15) is 4.39 Å². The Morgan fingerprint density at radius 1 is 1.53 bits per heavy atom. The van der Waals surface area contributed by atoms with E-state index in [1.165, 1.54) is 6.07 Å². The van der Waals surface area contributed by atoms with Gasteiger partial charge in [0.2, 0.25) is 0 Å². The van der Waals surface area contributed by atoms with Crippen LogP contribution in [0, 0.1) is 5.82 Å². The number of ether oxygens (including phenoxy) is 1. The first-order valence-electron chi connectivity index (χ1n) is 6.31. The summed E-state index contributed by atoms with van der Waals surface area (Å²) in [5.74, 6) is -0.363. The summed E-state index contributed by atoms with van der Waals surface area (Å²) in [5.41, 5.74) is 6.84. The maximum atomic E-state index is 13.5. The van der Waals surface area contributed by atoms with Crippen LogP contribution in [-0.4, -0.2) is 35.2 Å². The van der Waals surface area contributed by atoms with E-state index in [1.807, 2.05) is 0 Å². The molecule has 0 spiro atoms. The van der Waals surface area contributed by atoms with E-state index in [-0.39, 0.29) is 16.3 Å². The highest BCUT2D eigenvalue weighted by molar-refractivity contribution is 7.80. The molecule has 19 heavy (non-hydrogen) atoms. The van der Waals surface area contributed by atoms with E-state index in [1.54, 1.807) is 12.1 Å². The van der Waals surface area contributed by atoms with Gasteiger partial charge in [-0.2, -0.15) is 0 Å². The molecule has 1 aromatic carbocycles. The highest BCUT2D eigenvalue weighted by atomic mass is 32.1. The number of morpholine rings is 1. The van der Waals surface area contributed by atoms with Gasteiger partial charge in [0.15, 0.2) is 0 Å². The maximum Gasteiger partial charge on any atom is 0.133 e. The predicted octanol–water partition coefficient (Wildman–Crippen LogP) is 2.07. The minimum absolute atomic E-state index is 0.0178. The number of nitrogens with zero attached hydrogens (tertiary/aromatic N) is 1. The van der Waals surface area contributed by atoms with E-state index in [0.717, 1.165) is 25.3 Å². The van der Waals surface area contributed by atoms with Crippen LogP contribution in [-0.2, 0) is 11.3 Å². The van der Waals surface area contributed by atoms with Gasteiger partial charge in [0.1, 0.15) is 10.8 Å². The molecule has 1 aromatic rings. The number of halogens is 1. The second-order valence-corrected chi connectivity index (χ2v) is 5.90. The summed E-state index contributed by atoms with van der Waals surface area (Å²) >= 11 is 4.86. The van der Waals surface area contributed by atoms with Crippen LogP contribution in [0.2, 0.25) is 0 Å². The highest BCUT2D eigenvalue weighted by Crippen LogP contribution is 2.22. The molecule has 5 heteroatoms. The zero-order chi connectivity index (χ0) is 14.0. The number of hydrogen-bond donors (Lipinski definition) is 1. The van der Waals surface area contributed by atoms with Crippen molar-refractivity contribution in [3.8, 4) is 0 Å². The van der Waals surface area contributed by atoms with Gasteiger partial charge in [-0.25, -0.2) is 4.39 Å². The largest absolute Gasteiger partial charge is 0.389 e. The van der Waals surface area contributed by atoms with Gasteiger partial charge in [-0.1, -0.05) is 18.3 Å². The molecular formula is C14H19FN2OS. The third-order valence-electron chi connectivity index (χ3n) is 3.49. The molecule has 0 aromatic heterocycles. The van der Waals surface area contributed by atoms with Crippen molar-refractivity contribution in [2.75, 3.05) is 19.8 Å². The number of rotatable bonds is 3. The molecule has 3 nitrogen and oxygen atoms in total. The molecule has 0 saturated carbocycles. The Morgan fingerprint density at radius 2 is 2.26 bits per heavy atom. The van der Waals surface area contributed by atoms with Crippen LogP contribution in [0.1, 0.15) is 25.0 Å². The highest BCUT2D eigenvalue weighted by Gasteiger charge is 2.30. The molecule has 1 saturated heterocycles. The van der Waals surface area contributed by atoms with Gasteiger partial charge in [-0.15, -0.1) is 0 Å². The second kappa shape index (κ2) is 5.53. The molecule has 0 atom stereocenters. The topological polar surface area (TPSA) is 38.5 Å². The molecule has 0 bridgehead atoms. The second-order valence-electron chi connectivity index (χ2n) is 5.47. The zero-order valence-electron chi connectivity index (χ0n) is 11.3. The molecule has 0 unspecified atom stereocenters. The molecule has 1 heterocycles. The number of hydrogen-bond acceptors (Lipinski definition) is 3. The van der Waals surface area contributed by atoms with Gasteiger partial charge >= 0.3 is 0 Å². The smallest absolute Gasteiger partial charge is 0.133 e. The molecule has 1 aliphatic rings. The van der Waals surface area contributed by atoms with Crippen LogP contribution in [0.5, 0.6) is 0 Å². The average Bonchev–Trinajstić information content (AvgIpc) is 2.33. The van der Waals surface area contributed by atoms with E-state index in [0.29, 0.717) is 12.2 Å². The fourth-order valence-electron chi connectivity index (χ4n) is 2.26. The van der Waals surface area contributed by atoms with Crippen molar-refractivity contribution in [3.05, 3.63) is 35.1 Å². The Labute approximate surface area is 118 Å². The Morgan fingerprint density at radius 3 is 2.89 bits per heavy atom. The maximum absolute atomic E-state index is 13.5. The standard InChI is InChI=1S/C14H19FN2OS/c1-14(2)9-18-6-5-17(14)8-10-3-4-12(15)11(7-10)13(16)19/h3-4,7H,5-6,8-9H2,1-2H3,(H2,16,19). The van der Waals surface area contributed by atoms with Crippen LogP contribution in [0.15, 0.2) is 18.2 Å². The first kappa shape index (κ1) is 14.4. The molecule has 0 amide bonds. The van der Waals surface area contributed by atoms with E-state index in [4.69, 9.17) is 22.7 Å². The fourth-order valence-corrected chi connectivity index (χ4v) is 2.42. The number of nitrogens with two attached hydrogens (primary N) is 1. The first-order valence-corrected chi connectivity index (χ1v) is 6.72. The predicted molar refractivity (Wildman–Crippen MR) is 77.6 cm³/mol. The molecule has 104 valence electrons. The molecule has 0 aliphatic carbocycles. The molecule has 2 rings (SSSR count). The lowest BCUT2D eigenvalue weighted by Crippen LogP contribution is -2.52. The zero-order valence-corrected chi connectivity index (χ0v) is 12.1. The Hall–Kier alpha value is -1.04. The van der Waals surface area contributed by atoms with Gasteiger partial charge in [-0.3, -0.25) is 4.90 Å². The molecule has 1 aliphatic heterocycles. The van der Waals surface area contributed by atoms with Gasteiger partial charge in [0.05, 0.1) is 13.2 Å². The fraction of sp³-hybridized carbons (Fsp3) is 0.500. The quantitative estimate of drug-likeness (QED) is 0.861. The summed E-state index contributed by atoms with van der Waals surface area (Å²) in [7, 11) is 0. The molecule has 1 fully saturated rings. The minimum atomic E-state index is -0.363. The summed E-state index contributed by atoms with van der Waals surface area (Å²) in [6.45, 7) is 7.33. The van der Waals surface area contributed by atoms with Crippen LogP contribution >= 0.6 is 12.2 Å².